The minimum atomic E-state index is -0.869. The quantitative estimate of drug-likeness (QED) is 0.378. The van der Waals surface area contributed by atoms with Crippen LogP contribution in [0.1, 0.15) is 39.7 Å². The van der Waals surface area contributed by atoms with Crippen molar-refractivity contribution in [1.29, 1.82) is 0 Å². The average Bonchev–Trinajstić information content (AvgIpc) is 2.73. The molecule has 0 heterocycles. The van der Waals surface area contributed by atoms with Crippen LogP contribution in [-0.2, 0) is 4.79 Å². The third-order valence-corrected chi connectivity index (χ3v) is 4.88. The van der Waals surface area contributed by atoms with Crippen LogP contribution in [0.5, 0.6) is 11.5 Å². The Kier molecular flexibility index (Phi) is 9.53. The third-order valence-electron chi connectivity index (χ3n) is 4.88. The van der Waals surface area contributed by atoms with Crippen molar-refractivity contribution < 1.29 is 18.7 Å². The molecule has 1 N–H and O–H groups in total. The van der Waals surface area contributed by atoms with Gasteiger partial charge in [0.05, 0.1) is 13.7 Å². The maximum atomic E-state index is 14.3. The van der Waals surface area contributed by atoms with Crippen LogP contribution in [0.25, 0.3) is 6.08 Å². The van der Waals surface area contributed by atoms with E-state index in [1.54, 1.807) is 49.6 Å². The lowest BCUT2D eigenvalue weighted by molar-refractivity contribution is -0.114. The number of halogens is 1. The molecule has 0 aliphatic heterocycles. The Bertz CT molecular complexity index is 858. The Morgan fingerprint density at radius 3 is 2.35 bits per heavy atom. The summed E-state index contributed by atoms with van der Waals surface area (Å²) in [5.41, 5.74) is 1.05. The summed E-state index contributed by atoms with van der Waals surface area (Å²) in [6.45, 7) is 10.2. The van der Waals surface area contributed by atoms with Gasteiger partial charge < -0.3 is 14.8 Å². The molecule has 0 saturated carbocycles. The Morgan fingerprint density at radius 2 is 1.74 bits per heavy atom. The van der Waals surface area contributed by atoms with Crippen LogP contribution >= 0.6 is 0 Å². The van der Waals surface area contributed by atoms with E-state index in [9.17, 15) is 9.18 Å². The third kappa shape index (κ3) is 7.72. The first-order valence-corrected chi connectivity index (χ1v) is 10.6. The van der Waals surface area contributed by atoms with Gasteiger partial charge >= 0.3 is 0 Å². The molecule has 6 heteroatoms. The van der Waals surface area contributed by atoms with E-state index < -0.39 is 11.7 Å². The second kappa shape index (κ2) is 12.1. The van der Waals surface area contributed by atoms with Crippen molar-refractivity contribution in [3.05, 3.63) is 59.9 Å². The molecule has 0 saturated heterocycles. The summed E-state index contributed by atoms with van der Waals surface area (Å²) < 4.78 is 25.5. The number of nitrogens with one attached hydrogen (secondary N) is 1. The molecule has 31 heavy (non-hydrogen) atoms. The molecule has 5 nitrogen and oxygen atoms in total. The Hall–Kier alpha value is -2.86. The van der Waals surface area contributed by atoms with Gasteiger partial charge in [-0.2, -0.15) is 0 Å². The standard InChI is InChI=1S/C25H33FN2O3/c1-18(2)28(19(3)4)14-9-15-31-24-17-21(12-13-23(24)30-5)27-25(29)22(26)16-20-10-7-6-8-11-20/h6-8,10-13,16-19H,9,14-15H2,1-5H3,(H,27,29). The molecule has 1 amide bonds. The number of nitrogens with zero attached hydrogens (tertiary/aromatic N) is 1. The topological polar surface area (TPSA) is 50.8 Å². The van der Waals surface area contributed by atoms with Crippen LogP contribution in [0.2, 0.25) is 0 Å². The second-order valence-electron chi connectivity index (χ2n) is 7.85. The monoisotopic (exact) mass is 428 g/mol. The van der Waals surface area contributed by atoms with Crippen molar-refractivity contribution in [3.63, 3.8) is 0 Å². The molecule has 0 unspecified atom stereocenters. The maximum Gasteiger partial charge on any atom is 0.284 e. The fraction of sp³-hybridized carbons (Fsp3) is 0.400. The average molecular weight is 429 g/mol. The molecule has 2 rings (SSSR count). The predicted molar refractivity (Wildman–Crippen MR) is 124 cm³/mol. The molecule has 0 aromatic heterocycles. The van der Waals surface area contributed by atoms with Crippen LogP contribution in [0.15, 0.2) is 54.4 Å². The van der Waals surface area contributed by atoms with Gasteiger partial charge in [0, 0.05) is 30.4 Å². The van der Waals surface area contributed by atoms with Crippen LogP contribution in [0.4, 0.5) is 10.1 Å². The SMILES string of the molecule is COc1ccc(NC(=O)C(F)=Cc2ccccc2)cc1OCCCN(C(C)C)C(C)C. The first-order valence-electron chi connectivity index (χ1n) is 10.6. The van der Waals surface area contributed by atoms with Crippen molar-refractivity contribution in [1.82, 2.24) is 4.90 Å². The lowest BCUT2D eigenvalue weighted by Gasteiger charge is -2.30. The molecule has 0 fully saturated rings. The summed E-state index contributed by atoms with van der Waals surface area (Å²) in [7, 11) is 1.56. The highest BCUT2D eigenvalue weighted by Crippen LogP contribution is 2.30. The van der Waals surface area contributed by atoms with Gasteiger partial charge in [-0.3, -0.25) is 9.69 Å². The maximum absolute atomic E-state index is 14.3. The number of methoxy groups -OCH3 is 1. The molecule has 0 aliphatic carbocycles. The minimum Gasteiger partial charge on any atom is -0.493 e. The van der Waals surface area contributed by atoms with Gasteiger partial charge in [0.1, 0.15) is 0 Å². The van der Waals surface area contributed by atoms with E-state index in [1.165, 1.54) is 6.08 Å². The van der Waals surface area contributed by atoms with Crippen molar-refractivity contribution >= 4 is 17.7 Å². The predicted octanol–water partition coefficient (Wildman–Crippen LogP) is 5.53. The summed E-state index contributed by atoms with van der Waals surface area (Å²) in [6, 6.07) is 14.8. The Labute approximate surface area is 184 Å². The van der Waals surface area contributed by atoms with Gasteiger partial charge in [-0.1, -0.05) is 30.3 Å². The largest absolute Gasteiger partial charge is 0.493 e. The number of hydrogen-bond acceptors (Lipinski definition) is 4. The number of carbonyl (C=O) groups is 1. The van der Waals surface area contributed by atoms with Gasteiger partial charge in [0.25, 0.3) is 5.91 Å². The molecule has 0 spiro atoms. The second-order valence-corrected chi connectivity index (χ2v) is 7.85. The Morgan fingerprint density at radius 1 is 1.06 bits per heavy atom. The van der Waals surface area contributed by atoms with E-state index in [-0.39, 0.29) is 0 Å². The highest BCUT2D eigenvalue weighted by molar-refractivity contribution is 6.05. The fourth-order valence-corrected chi connectivity index (χ4v) is 3.36. The van der Waals surface area contributed by atoms with Crippen molar-refractivity contribution in [2.45, 2.75) is 46.2 Å². The van der Waals surface area contributed by atoms with E-state index in [2.05, 4.69) is 37.9 Å². The molecular formula is C25H33FN2O3. The normalized spacial score (nSPS) is 11.8. The number of benzene rings is 2. The molecule has 0 radical (unpaired) electrons. The van der Waals surface area contributed by atoms with Gasteiger partial charge in [0.15, 0.2) is 17.3 Å². The number of carbonyl (C=O) groups excluding carboxylic acids is 1. The summed E-state index contributed by atoms with van der Waals surface area (Å²) in [5, 5.41) is 2.57. The molecule has 0 bridgehead atoms. The number of amides is 1. The number of ether oxygens (including phenoxy) is 2. The van der Waals surface area contributed by atoms with Crippen molar-refractivity contribution in [2.75, 3.05) is 25.6 Å². The number of hydrogen-bond donors (Lipinski definition) is 1. The van der Waals surface area contributed by atoms with E-state index in [0.717, 1.165) is 13.0 Å². The fourth-order valence-electron chi connectivity index (χ4n) is 3.36. The Balaban J connectivity index is 1.99. The van der Waals surface area contributed by atoms with Gasteiger partial charge in [-0.05, 0) is 57.9 Å². The van der Waals surface area contributed by atoms with E-state index in [4.69, 9.17) is 9.47 Å². The van der Waals surface area contributed by atoms with Gasteiger partial charge in [0.2, 0.25) is 0 Å². The minimum absolute atomic E-state index is 0.434. The number of anilines is 1. The van der Waals surface area contributed by atoms with E-state index >= 15 is 0 Å². The molecular weight excluding hydrogens is 395 g/mol. The molecule has 0 atom stereocenters. The highest BCUT2D eigenvalue weighted by Gasteiger charge is 2.14. The van der Waals surface area contributed by atoms with Crippen LogP contribution in [0.3, 0.4) is 0 Å². The summed E-state index contributed by atoms with van der Waals surface area (Å²) in [4.78, 5) is 14.6. The summed E-state index contributed by atoms with van der Waals surface area (Å²) in [6.07, 6.45) is 2.05. The van der Waals surface area contributed by atoms with Crippen molar-refractivity contribution in [3.8, 4) is 11.5 Å². The molecule has 168 valence electrons. The van der Waals surface area contributed by atoms with Crippen LogP contribution in [0, 0.1) is 0 Å². The lowest BCUT2D eigenvalue weighted by Crippen LogP contribution is -2.38. The highest BCUT2D eigenvalue weighted by atomic mass is 19.1. The molecule has 2 aromatic rings. The first-order chi connectivity index (χ1) is 14.8. The van der Waals surface area contributed by atoms with E-state index in [0.29, 0.717) is 41.4 Å². The summed E-state index contributed by atoms with van der Waals surface area (Å²) >= 11 is 0. The smallest absolute Gasteiger partial charge is 0.284 e. The lowest BCUT2D eigenvalue weighted by atomic mass is 10.2. The zero-order chi connectivity index (χ0) is 22.8. The molecule has 2 aromatic carbocycles. The van der Waals surface area contributed by atoms with Crippen LogP contribution in [-0.4, -0.2) is 43.2 Å². The summed E-state index contributed by atoms with van der Waals surface area (Å²) in [5.74, 6) is -0.618. The first kappa shape index (κ1) is 24.4. The molecule has 0 aliphatic rings. The zero-order valence-corrected chi connectivity index (χ0v) is 19.0. The van der Waals surface area contributed by atoms with Crippen LogP contribution < -0.4 is 14.8 Å². The zero-order valence-electron chi connectivity index (χ0n) is 19.0. The van der Waals surface area contributed by atoms with Crippen molar-refractivity contribution in [2.24, 2.45) is 0 Å². The van der Waals surface area contributed by atoms with Gasteiger partial charge in [-0.25, -0.2) is 4.39 Å². The number of rotatable bonds is 11. The van der Waals surface area contributed by atoms with Gasteiger partial charge in [-0.15, -0.1) is 0 Å². The van der Waals surface area contributed by atoms with E-state index in [1.807, 2.05) is 6.07 Å².